The number of hydrogen-bond donors (Lipinski definition) is 2. The summed E-state index contributed by atoms with van der Waals surface area (Å²) in [6.07, 6.45) is 0.620. The van der Waals surface area contributed by atoms with Gasteiger partial charge in [-0.3, -0.25) is 0 Å². The first-order chi connectivity index (χ1) is 13.6. The molecule has 162 valence electrons. The molecule has 0 aliphatic heterocycles. The van der Waals surface area contributed by atoms with Gasteiger partial charge in [0.15, 0.2) is 6.67 Å². The minimum atomic E-state index is -4.20. The summed E-state index contributed by atoms with van der Waals surface area (Å²) in [5.41, 5.74) is -0.212. The second kappa shape index (κ2) is 10.7. The molecule has 0 aromatic heterocycles. The molecule has 1 rings (SSSR count). The first-order valence-corrected chi connectivity index (χ1v) is 9.66. The molecule has 2 N–H and O–H groups in total. The van der Waals surface area contributed by atoms with E-state index in [9.17, 15) is 26.8 Å². The predicted molar refractivity (Wildman–Crippen MR) is 98.3 cm³/mol. The number of alkyl halides is 2. The van der Waals surface area contributed by atoms with E-state index in [1.807, 2.05) is 0 Å². The monoisotopic (exact) mass is 436 g/mol. The lowest BCUT2D eigenvalue weighted by atomic mass is 10.2. The van der Waals surface area contributed by atoms with Crippen LogP contribution in [0.1, 0.15) is 6.92 Å². The highest BCUT2D eigenvalue weighted by molar-refractivity contribution is 7.90. The van der Waals surface area contributed by atoms with E-state index in [1.165, 1.54) is 14.0 Å². The summed E-state index contributed by atoms with van der Waals surface area (Å²) in [6, 6.07) is 3.27. The Morgan fingerprint density at radius 1 is 1.21 bits per heavy atom. The molecular formula is C17H22F2N2O7S. The van der Waals surface area contributed by atoms with Crippen molar-refractivity contribution in [2.24, 2.45) is 0 Å². The Balaban J connectivity index is 2.89. The van der Waals surface area contributed by atoms with Crippen LogP contribution in [0.2, 0.25) is 0 Å². The molecule has 0 aliphatic rings. The Labute approximate surface area is 167 Å². The van der Waals surface area contributed by atoms with Crippen LogP contribution in [-0.2, 0) is 24.3 Å². The van der Waals surface area contributed by atoms with Crippen molar-refractivity contribution in [2.45, 2.75) is 17.7 Å². The third-order valence-electron chi connectivity index (χ3n) is 3.36. The molecule has 0 saturated carbocycles. The number of hydrogen-bond acceptors (Lipinski definition) is 7. The number of nitrogens with one attached hydrogen (secondary N) is 2. The van der Waals surface area contributed by atoms with E-state index >= 15 is 0 Å². The van der Waals surface area contributed by atoms with Crippen molar-refractivity contribution in [1.82, 2.24) is 10.0 Å². The Kier molecular flexibility index (Phi) is 8.98. The number of ether oxygens (including phenoxy) is 3. The van der Waals surface area contributed by atoms with Gasteiger partial charge in [0.1, 0.15) is 5.75 Å². The first-order valence-electron chi connectivity index (χ1n) is 8.18. The molecule has 0 saturated heterocycles. The van der Waals surface area contributed by atoms with Crippen LogP contribution < -0.4 is 14.8 Å². The van der Waals surface area contributed by atoms with Gasteiger partial charge in [0.25, 0.3) is 15.9 Å². The lowest BCUT2D eigenvalue weighted by molar-refractivity contribution is -0.136. The van der Waals surface area contributed by atoms with Gasteiger partial charge in [0.05, 0.1) is 18.6 Å². The largest absolute Gasteiger partial charge is 0.466 e. The van der Waals surface area contributed by atoms with Crippen LogP contribution in [0.25, 0.3) is 0 Å². The highest BCUT2D eigenvalue weighted by Crippen LogP contribution is 2.25. The van der Waals surface area contributed by atoms with Crippen LogP contribution in [0, 0.1) is 0 Å². The third kappa shape index (κ3) is 7.66. The summed E-state index contributed by atoms with van der Waals surface area (Å²) in [5.74, 6) is -4.03. The molecule has 0 heterocycles. The highest BCUT2D eigenvalue weighted by Gasteiger charge is 2.31. The topological polar surface area (TPSA) is 120 Å². The molecule has 2 amide bonds. The molecule has 12 heteroatoms. The zero-order valence-corrected chi connectivity index (χ0v) is 16.8. The number of rotatable bonds is 10. The van der Waals surface area contributed by atoms with Gasteiger partial charge in [-0.2, -0.15) is 4.39 Å². The Hall–Kier alpha value is -2.73. The Morgan fingerprint density at radius 3 is 2.34 bits per heavy atom. The molecule has 0 aliphatic carbocycles. The average molecular weight is 436 g/mol. The summed E-state index contributed by atoms with van der Waals surface area (Å²) in [4.78, 5) is 22.6. The van der Waals surface area contributed by atoms with E-state index < -0.39 is 34.6 Å². The molecule has 9 nitrogen and oxygen atoms in total. The Morgan fingerprint density at radius 2 is 1.83 bits per heavy atom. The third-order valence-corrected chi connectivity index (χ3v) is 4.71. The van der Waals surface area contributed by atoms with Gasteiger partial charge in [-0.15, -0.1) is 0 Å². The van der Waals surface area contributed by atoms with Crippen LogP contribution in [0.15, 0.2) is 40.8 Å². The highest BCUT2D eigenvalue weighted by atomic mass is 32.2. The molecule has 1 unspecified atom stereocenters. The van der Waals surface area contributed by atoms with Gasteiger partial charge in [-0.25, -0.2) is 27.1 Å². The van der Waals surface area contributed by atoms with Crippen LogP contribution in [0.3, 0.4) is 0 Å². The fraction of sp³-hybridized carbons (Fsp3) is 0.412. The first kappa shape index (κ1) is 24.3. The minimum Gasteiger partial charge on any atom is -0.466 e. The molecule has 0 fully saturated rings. The normalized spacial score (nSPS) is 13.9. The number of esters is 1. The van der Waals surface area contributed by atoms with E-state index in [-0.39, 0.29) is 29.4 Å². The van der Waals surface area contributed by atoms with Gasteiger partial charge in [-0.1, -0.05) is 0 Å². The summed E-state index contributed by atoms with van der Waals surface area (Å²) in [6.45, 7) is -0.0866. The predicted octanol–water partition coefficient (Wildman–Crippen LogP) is 1.45. The maximum atomic E-state index is 14.5. The van der Waals surface area contributed by atoms with Crippen LogP contribution in [0.4, 0.5) is 13.6 Å². The SMILES string of the molecule is COCCNC(=O)NS(=O)(=O)c1ccc(OC(F)(/C=C(\C)C(=O)OC)CF)cc1. The lowest BCUT2D eigenvalue weighted by Gasteiger charge is -2.21. The summed E-state index contributed by atoms with van der Waals surface area (Å²) in [5, 5.41) is 2.28. The van der Waals surface area contributed by atoms with E-state index in [4.69, 9.17) is 9.47 Å². The van der Waals surface area contributed by atoms with Gasteiger partial charge in [0.2, 0.25) is 0 Å². The van der Waals surface area contributed by atoms with Crippen molar-refractivity contribution in [3.63, 3.8) is 0 Å². The fourth-order valence-corrected chi connectivity index (χ4v) is 2.93. The molecule has 1 atom stereocenters. The molecule has 0 radical (unpaired) electrons. The van der Waals surface area contributed by atoms with Gasteiger partial charge in [-0.05, 0) is 31.2 Å². The van der Waals surface area contributed by atoms with Crippen molar-refractivity contribution in [3.05, 3.63) is 35.9 Å². The fourth-order valence-electron chi connectivity index (χ4n) is 2.00. The van der Waals surface area contributed by atoms with Crippen LogP contribution >= 0.6 is 0 Å². The van der Waals surface area contributed by atoms with Crippen molar-refractivity contribution >= 4 is 22.0 Å². The van der Waals surface area contributed by atoms with E-state index in [2.05, 4.69) is 10.1 Å². The second-order valence-corrected chi connectivity index (χ2v) is 7.35. The number of benzene rings is 1. The maximum Gasteiger partial charge on any atom is 0.333 e. The zero-order valence-electron chi connectivity index (χ0n) is 16.0. The molecule has 29 heavy (non-hydrogen) atoms. The van der Waals surface area contributed by atoms with Gasteiger partial charge in [0, 0.05) is 25.3 Å². The quantitative estimate of drug-likeness (QED) is 0.324. The summed E-state index contributed by atoms with van der Waals surface area (Å²) < 4.78 is 67.8. The summed E-state index contributed by atoms with van der Waals surface area (Å²) in [7, 11) is -1.69. The minimum absolute atomic E-state index is 0.102. The zero-order chi connectivity index (χ0) is 22.1. The maximum absolute atomic E-state index is 14.5. The number of methoxy groups -OCH3 is 2. The molecule has 1 aromatic rings. The van der Waals surface area contributed by atoms with Crippen molar-refractivity contribution < 1.29 is 41.0 Å². The average Bonchev–Trinajstić information content (AvgIpc) is 2.67. The van der Waals surface area contributed by atoms with Gasteiger partial charge >= 0.3 is 12.0 Å². The second-order valence-electron chi connectivity index (χ2n) is 5.67. The van der Waals surface area contributed by atoms with Crippen LogP contribution in [-0.4, -0.2) is 60.3 Å². The summed E-state index contributed by atoms with van der Waals surface area (Å²) >= 11 is 0. The van der Waals surface area contributed by atoms with E-state index in [0.29, 0.717) is 6.08 Å². The molecule has 0 bridgehead atoms. The Bertz CT molecular complexity index is 844. The standard InChI is InChI=1S/C17H22F2N2O7S/c1-12(15(22)27-3)10-17(19,11-18)28-13-4-6-14(7-5-13)29(24,25)21-16(23)20-8-9-26-2/h4-7,10H,8-9,11H2,1-3H3,(H2,20,21,23)/b12-10+. The molecular weight excluding hydrogens is 414 g/mol. The van der Waals surface area contributed by atoms with E-state index in [0.717, 1.165) is 31.4 Å². The number of urea groups is 1. The number of halogens is 2. The molecule has 0 spiro atoms. The number of amides is 2. The van der Waals surface area contributed by atoms with Crippen molar-refractivity contribution in [3.8, 4) is 5.75 Å². The molecule has 1 aromatic carbocycles. The van der Waals surface area contributed by atoms with Crippen LogP contribution in [0.5, 0.6) is 5.75 Å². The van der Waals surface area contributed by atoms with Crippen molar-refractivity contribution in [1.29, 1.82) is 0 Å². The smallest absolute Gasteiger partial charge is 0.333 e. The number of carbonyl (C=O) groups is 2. The van der Waals surface area contributed by atoms with E-state index in [1.54, 1.807) is 4.72 Å². The van der Waals surface area contributed by atoms with Gasteiger partial charge < -0.3 is 19.5 Å². The number of sulfonamides is 1. The van der Waals surface area contributed by atoms with Crippen molar-refractivity contribution in [2.75, 3.05) is 34.0 Å². The lowest BCUT2D eigenvalue weighted by Crippen LogP contribution is -2.40. The number of carbonyl (C=O) groups excluding carboxylic acids is 2.